The highest BCUT2D eigenvalue weighted by atomic mass is 127. The number of hydrogen-bond donors (Lipinski definition) is 0. The Morgan fingerprint density at radius 3 is 2.41 bits per heavy atom. The van der Waals surface area contributed by atoms with E-state index in [0.29, 0.717) is 19.5 Å². The molecule has 0 spiro atoms. The van der Waals surface area contributed by atoms with Crippen molar-refractivity contribution in [3.63, 3.8) is 0 Å². The van der Waals surface area contributed by atoms with Crippen LogP contribution in [0, 0.1) is 3.70 Å². The first-order valence-corrected chi connectivity index (χ1v) is 12.7. The second-order valence-corrected chi connectivity index (χ2v) is 10.4. The largest absolute Gasteiger partial charge is 0.444 e. The van der Waals surface area contributed by atoms with Crippen LogP contribution in [0.15, 0.2) is 42.7 Å². The summed E-state index contributed by atoms with van der Waals surface area (Å²) in [5.41, 5.74) is 3.78. The summed E-state index contributed by atoms with van der Waals surface area (Å²) in [4.78, 5) is 25.6. The molecular weight excluding hydrogens is 543 g/mol. The summed E-state index contributed by atoms with van der Waals surface area (Å²) in [5.74, 6) is 0.788. The van der Waals surface area contributed by atoms with Gasteiger partial charge in [0.25, 0.3) is 0 Å². The predicted molar refractivity (Wildman–Crippen MR) is 141 cm³/mol. The van der Waals surface area contributed by atoms with Gasteiger partial charge in [0.2, 0.25) is 0 Å². The number of benzene rings is 1. The Balaban J connectivity index is 1.37. The number of halogens is 1. The minimum atomic E-state index is -0.469. The van der Waals surface area contributed by atoms with Crippen LogP contribution in [0.2, 0.25) is 0 Å². The quantitative estimate of drug-likeness (QED) is 0.415. The van der Waals surface area contributed by atoms with Crippen molar-refractivity contribution < 1.29 is 9.53 Å². The van der Waals surface area contributed by atoms with E-state index in [0.717, 1.165) is 51.7 Å². The monoisotopic (exact) mass is 574 g/mol. The molecule has 0 N–H and O–H groups in total. The van der Waals surface area contributed by atoms with Gasteiger partial charge in [-0.25, -0.2) is 14.8 Å². The topological polar surface area (TPSA) is 76.4 Å². The van der Waals surface area contributed by atoms with E-state index >= 15 is 0 Å². The van der Waals surface area contributed by atoms with Crippen LogP contribution in [0.5, 0.6) is 0 Å². The first-order chi connectivity index (χ1) is 16.2. The number of amides is 1. The molecule has 9 heteroatoms. The molecule has 34 heavy (non-hydrogen) atoms. The van der Waals surface area contributed by atoms with Gasteiger partial charge in [0.1, 0.15) is 15.1 Å². The zero-order chi connectivity index (χ0) is 24.3. The van der Waals surface area contributed by atoms with Gasteiger partial charge in [-0.2, -0.15) is 5.10 Å². The number of rotatable bonds is 5. The van der Waals surface area contributed by atoms with Gasteiger partial charge in [0.15, 0.2) is 0 Å². The van der Waals surface area contributed by atoms with Crippen molar-refractivity contribution in [3.05, 3.63) is 57.8 Å². The summed E-state index contributed by atoms with van der Waals surface area (Å²) in [6.45, 7) is 11.5. The molecule has 2 aromatic heterocycles. The van der Waals surface area contributed by atoms with E-state index in [1.165, 1.54) is 0 Å². The average Bonchev–Trinajstić information content (AvgIpc) is 3.19. The van der Waals surface area contributed by atoms with Crippen LogP contribution >= 0.6 is 22.6 Å². The Kier molecular flexibility index (Phi) is 7.39. The number of aromatic nitrogens is 4. The van der Waals surface area contributed by atoms with Crippen molar-refractivity contribution in [3.8, 4) is 11.3 Å². The first kappa shape index (κ1) is 24.4. The molecular formula is C25H31IN6O2. The maximum atomic E-state index is 12.3. The molecule has 8 nitrogen and oxygen atoms in total. The molecule has 1 amide bonds. The van der Waals surface area contributed by atoms with Crippen molar-refractivity contribution in [1.29, 1.82) is 0 Å². The van der Waals surface area contributed by atoms with Crippen LogP contribution in [-0.2, 0) is 17.7 Å². The Labute approximate surface area is 214 Å². The summed E-state index contributed by atoms with van der Waals surface area (Å²) >= 11 is 2.25. The van der Waals surface area contributed by atoms with Crippen LogP contribution in [0.1, 0.15) is 39.1 Å². The lowest BCUT2D eigenvalue weighted by molar-refractivity contribution is 0.0240. The van der Waals surface area contributed by atoms with Gasteiger partial charge in [0, 0.05) is 57.2 Å². The van der Waals surface area contributed by atoms with Gasteiger partial charge in [0.05, 0.1) is 11.3 Å². The van der Waals surface area contributed by atoms with Crippen LogP contribution in [-0.4, -0.2) is 62.5 Å². The molecule has 0 unspecified atom stereocenters. The average molecular weight is 574 g/mol. The maximum Gasteiger partial charge on any atom is 0.410 e. The number of nitrogens with zero attached hydrogens (tertiary/aromatic N) is 6. The fourth-order valence-electron chi connectivity index (χ4n) is 3.85. The van der Waals surface area contributed by atoms with Crippen molar-refractivity contribution in [1.82, 2.24) is 24.6 Å². The summed E-state index contributed by atoms with van der Waals surface area (Å²) in [6, 6.07) is 10.5. The zero-order valence-corrected chi connectivity index (χ0v) is 22.3. The molecule has 0 bridgehead atoms. The summed E-state index contributed by atoms with van der Waals surface area (Å²) in [5, 5.41) is 4.51. The van der Waals surface area contributed by atoms with Crippen molar-refractivity contribution in [2.24, 2.45) is 0 Å². The van der Waals surface area contributed by atoms with E-state index in [9.17, 15) is 4.79 Å². The second kappa shape index (κ2) is 10.3. The van der Waals surface area contributed by atoms with Crippen molar-refractivity contribution in [2.75, 3.05) is 31.1 Å². The van der Waals surface area contributed by atoms with Crippen LogP contribution in [0.25, 0.3) is 11.3 Å². The Hall–Kier alpha value is -2.69. The number of anilines is 1. The van der Waals surface area contributed by atoms with Gasteiger partial charge < -0.3 is 14.5 Å². The Morgan fingerprint density at radius 2 is 1.79 bits per heavy atom. The first-order valence-electron chi connectivity index (χ1n) is 11.6. The number of carbonyl (C=O) groups is 1. The second-order valence-electron chi connectivity index (χ2n) is 9.35. The summed E-state index contributed by atoms with van der Waals surface area (Å²) < 4.78 is 8.36. The third-order valence-corrected chi connectivity index (χ3v) is 6.41. The lowest BCUT2D eigenvalue weighted by Crippen LogP contribution is -2.50. The fourth-order valence-corrected chi connectivity index (χ4v) is 4.54. The summed E-state index contributed by atoms with van der Waals surface area (Å²) in [6.07, 6.45) is 4.28. The van der Waals surface area contributed by atoms with Gasteiger partial charge >= 0.3 is 6.09 Å². The van der Waals surface area contributed by atoms with Gasteiger partial charge in [-0.05, 0) is 74.0 Å². The number of piperazine rings is 1. The molecule has 1 saturated heterocycles. The van der Waals surface area contributed by atoms with Gasteiger partial charge in [-0.3, -0.25) is 4.68 Å². The molecule has 1 fully saturated rings. The van der Waals surface area contributed by atoms with Crippen molar-refractivity contribution >= 4 is 34.4 Å². The molecule has 180 valence electrons. The third-order valence-electron chi connectivity index (χ3n) is 5.62. The lowest BCUT2D eigenvalue weighted by Gasteiger charge is -2.36. The third kappa shape index (κ3) is 6.05. The van der Waals surface area contributed by atoms with E-state index in [1.54, 1.807) is 4.90 Å². The van der Waals surface area contributed by atoms with E-state index in [4.69, 9.17) is 9.72 Å². The lowest BCUT2D eigenvalue weighted by atomic mass is 10.1. The maximum absolute atomic E-state index is 12.3. The van der Waals surface area contributed by atoms with Crippen molar-refractivity contribution in [2.45, 2.75) is 46.3 Å². The van der Waals surface area contributed by atoms with Gasteiger partial charge in [-0.1, -0.05) is 12.1 Å². The Bertz CT molecular complexity index is 1130. The Morgan fingerprint density at radius 1 is 1.09 bits per heavy atom. The predicted octanol–water partition coefficient (Wildman–Crippen LogP) is 4.61. The number of ether oxygens (including phenoxy) is 1. The van der Waals surface area contributed by atoms with E-state index in [2.05, 4.69) is 68.8 Å². The zero-order valence-electron chi connectivity index (χ0n) is 20.2. The highest BCUT2D eigenvalue weighted by Gasteiger charge is 2.26. The number of carbonyl (C=O) groups excluding carboxylic acids is 1. The van der Waals surface area contributed by atoms with Crippen LogP contribution in [0.3, 0.4) is 0 Å². The molecule has 3 heterocycles. The molecule has 1 aliphatic heterocycles. The molecule has 3 aromatic rings. The minimum Gasteiger partial charge on any atom is -0.444 e. The smallest absolute Gasteiger partial charge is 0.410 e. The standard InChI is InChI=1S/C25H31IN6O2/c1-5-32-17-20(23(26)29-32)21-10-11-27-22(28-21)16-18-6-8-19(9-7-18)30-12-14-31(15-13-30)24(33)34-25(2,3)4/h6-11,17H,5,12-16H2,1-4H3. The van der Waals surface area contributed by atoms with Crippen LogP contribution in [0.4, 0.5) is 10.5 Å². The highest BCUT2D eigenvalue weighted by molar-refractivity contribution is 14.1. The molecule has 0 radical (unpaired) electrons. The normalized spacial score (nSPS) is 14.4. The molecule has 0 aliphatic carbocycles. The number of hydrogen-bond acceptors (Lipinski definition) is 6. The van der Waals surface area contributed by atoms with Gasteiger partial charge in [-0.15, -0.1) is 0 Å². The highest BCUT2D eigenvalue weighted by Crippen LogP contribution is 2.23. The molecule has 1 aromatic carbocycles. The molecule has 1 aliphatic rings. The molecule has 0 saturated carbocycles. The SMILES string of the molecule is CCn1cc(-c2ccnc(Cc3ccc(N4CCN(C(=O)OC(C)(C)C)CC4)cc3)n2)c(I)n1. The molecule has 0 atom stereocenters. The fraction of sp³-hybridized carbons (Fsp3) is 0.440. The minimum absolute atomic E-state index is 0.235. The molecule has 4 rings (SSSR count). The van der Waals surface area contributed by atoms with E-state index in [1.807, 2.05) is 43.9 Å². The number of aryl methyl sites for hydroxylation is 1. The van der Waals surface area contributed by atoms with E-state index in [-0.39, 0.29) is 6.09 Å². The summed E-state index contributed by atoms with van der Waals surface area (Å²) in [7, 11) is 0. The van der Waals surface area contributed by atoms with Crippen LogP contribution < -0.4 is 4.90 Å². The van der Waals surface area contributed by atoms with E-state index < -0.39 is 5.60 Å².